The van der Waals surface area contributed by atoms with E-state index in [2.05, 4.69) is 21.2 Å². The highest BCUT2D eigenvalue weighted by Gasteiger charge is 2.29. The molecule has 1 aliphatic heterocycles. The number of likely N-dealkylation sites (N-methyl/N-ethyl adjacent to an activating group) is 1. The zero-order chi connectivity index (χ0) is 13.1. The number of carbonyl (C=O) groups is 1. The number of benzene rings is 1. The van der Waals surface area contributed by atoms with Gasteiger partial charge >= 0.3 is 0 Å². The largest absolute Gasteiger partial charge is 0.334 e. The predicted molar refractivity (Wildman–Crippen MR) is 77.1 cm³/mol. The third-order valence-electron chi connectivity index (χ3n) is 3.24. The van der Waals surface area contributed by atoms with E-state index in [9.17, 15) is 4.79 Å². The molecule has 3 nitrogen and oxygen atoms in total. The molecule has 5 heteroatoms. The molecular weight excluding hydrogens is 316 g/mol. The molecule has 1 fully saturated rings. The van der Waals surface area contributed by atoms with Crippen molar-refractivity contribution in [3.63, 3.8) is 0 Å². The molecule has 0 aliphatic carbocycles. The molecule has 2 rings (SSSR count). The molecule has 0 spiro atoms. The van der Waals surface area contributed by atoms with E-state index in [1.54, 1.807) is 12.1 Å². The average Bonchev–Trinajstić information content (AvgIpc) is 2.80. The van der Waals surface area contributed by atoms with Gasteiger partial charge in [-0.25, -0.2) is 0 Å². The van der Waals surface area contributed by atoms with Crippen molar-refractivity contribution < 1.29 is 4.79 Å². The molecule has 0 radical (unpaired) electrons. The van der Waals surface area contributed by atoms with E-state index in [-0.39, 0.29) is 11.9 Å². The van der Waals surface area contributed by atoms with Gasteiger partial charge in [0.15, 0.2) is 0 Å². The third-order valence-corrected chi connectivity index (χ3v) is 4.16. The van der Waals surface area contributed by atoms with Gasteiger partial charge in [-0.3, -0.25) is 4.79 Å². The number of hydrogen-bond acceptors (Lipinski definition) is 2. The smallest absolute Gasteiger partial charge is 0.255 e. The first-order valence-corrected chi connectivity index (χ1v) is 7.21. The summed E-state index contributed by atoms with van der Waals surface area (Å²) in [6.07, 6.45) is 2.13. The lowest BCUT2D eigenvalue weighted by Crippen LogP contribution is -2.40. The molecule has 0 aromatic heterocycles. The summed E-state index contributed by atoms with van der Waals surface area (Å²) in [7, 11) is 1.91. The first-order valence-electron chi connectivity index (χ1n) is 6.04. The molecule has 0 unspecified atom stereocenters. The van der Waals surface area contributed by atoms with Crippen molar-refractivity contribution >= 4 is 33.4 Å². The fraction of sp³-hybridized carbons (Fsp3) is 0.462. The van der Waals surface area contributed by atoms with E-state index in [0.717, 1.165) is 30.4 Å². The van der Waals surface area contributed by atoms with Gasteiger partial charge in [0.1, 0.15) is 0 Å². The van der Waals surface area contributed by atoms with Crippen LogP contribution in [0.3, 0.4) is 0 Å². The van der Waals surface area contributed by atoms with Gasteiger partial charge in [-0.1, -0.05) is 11.6 Å². The highest BCUT2D eigenvalue weighted by atomic mass is 79.9. The van der Waals surface area contributed by atoms with Crippen LogP contribution < -0.4 is 5.32 Å². The number of hydrogen-bond donors (Lipinski definition) is 1. The molecule has 1 saturated heterocycles. The number of likely N-dealkylation sites (tertiary alicyclic amines) is 1. The van der Waals surface area contributed by atoms with Gasteiger partial charge < -0.3 is 10.2 Å². The normalized spacial score (nSPS) is 19.3. The summed E-state index contributed by atoms with van der Waals surface area (Å²) < 4.78 is 0.798. The summed E-state index contributed by atoms with van der Waals surface area (Å²) in [5, 5.41) is 3.73. The Morgan fingerprint density at radius 3 is 3.11 bits per heavy atom. The van der Waals surface area contributed by atoms with Crippen molar-refractivity contribution in [3.05, 3.63) is 33.3 Å². The zero-order valence-electron chi connectivity index (χ0n) is 10.2. The number of amides is 1. The van der Waals surface area contributed by atoms with E-state index in [1.807, 2.05) is 18.0 Å². The quantitative estimate of drug-likeness (QED) is 0.923. The summed E-state index contributed by atoms with van der Waals surface area (Å²) in [5.74, 6) is 0.0575. The standard InChI is InChI=1S/C13H16BrClN2O/c1-16-8-10-3-2-6-17(10)13(18)11-7-9(15)4-5-12(11)14/h4-5,7,10,16H,2-3,6,8H2,1H3/t10-/m1/s1. The Bertz CT molecular complexity index is 453. The Balaban J connectivity index is 2.22. The lowest BCUT2D eigenvalue weighted by atomic mass is 10.1. The van der Waals surface area contributed by atoms with Gasteiger partial charge in [0.25, 0.3) is 5.91 Å². The van der Waals surface area contributed by atoms with Crippen LogP contribution in [0.4, 0.5) is 0 Å². The molecular formula is C13H16BrClN2O. The maximum absolute atomic E-state index is 12.5. The molecule has 98 valence electrons. The zero-order valence-corrected chi connectivity index (χ0v) is 12.6. The Morgan fingerprint density at radius 2 is 2.39 bits per heavy atom. The van der Waals surface area contributed by atoms with E-state index in [1.165, 1.54) is 0 Å². The minimum Gasteiger partial charge on any atom is -0.334 e. The van der Waals surface area contributed by atoms with Crippen molar-refractivity contribution in [2.75, 3.05) is 20.1 Å². The number of halogens is 2. The van der Waals surface area contributed by atoms with Crippen LogP contribution in [0.5, 0.6) is 0 Å². The van der Waals surface area contributed by atoms with Crippen LogP contribution in [0, 0.1) is 0 Å². The van der Waals surface area contributed by atoms with Gasteiger partial charge in [0.05, 0.1) is 5.56 Å². The SMILES string of the molecule is CNC[C@H]1CCCN1C(=O)c1cc(Cl)ccc1Br. The van der Waals surface area contributed by atoms with Crippen molar-refractivity contribution in [3.8, 4) is 0 Å². The first-order chi connectivity index (χ1) is 8.63. The second kappa shape index (κ2) is 6.04. The second-order valence-corrected chi connectivity index (χ2v) is 5.77. The topological polar surface area (TPSA) is 32.3 Å². The molecule has 1 heterocycles. The highest BCUT2D eigenvalue weighted by Crippen LogP contribution is 2.26. The first kappa shape index (κ1) is 13.8. The number of carbonyl (C=O) groups excluding carboxylic acids is 1. The van der Waals surface area contributed by atoms with Gasteiger partial charge in [-0.2, -0.15) is 0 Å². The van der Waals surface area contributed by atoms with Crippen LogP contribution in [0.25, 0.3) is 0 Å². The molecule has 1 aromatic carbocycles. The minimum absolute atomic E-state index is 0.0575. The van der Waals surface area contributed by atoms with Crippen LogP contribution >= 0.6 is 27.5 Å². The van der Waals surface area contributed by atoms with Crippen molar-refractivity contribution in [1.29, 1.82) is 0 Å². The Hall–Kier alpha value is -0.580. The Labute approximate surface area is 121 Å². The molecule has 18 heavy (non-hydrogen) atoms. The lowest BCUT2D eigenvalue weighted by molar-refractivity contribution is 0.0736. The molecule has 1 N–H and O–H groups in total. The van der Waals surface area contributed by atoms with Gasteiger partial charge in [0.2, 0.25) is 0 Å². The summed E-state index contributed by atoms with van der Waals surface area (Å²) in [6.45, 7) is 1.66. The van der Waals surface area contributed by atoms with Crippen molar-refractivity contribution in [2.45, 2.75) is 18.9 Å². The van der Waals surface area contributed by atoms with Gasteiger partial charge in [0, 0.05) is 28.6 Å². The van der Waals surface area contributed by atoms with E-state index < -0.39 is 0 Å². The average molecular weight is 332 g/mol. The highest BCUT2D eigenvalue weighted by molar-refractivity contribution is 9.10. The third kappa shape index (κ3) is 2.87. The molecule has 1 aromatic rings. The Kier molecular flexibility index (Phi) is 4.65. The second-order valence-electron chi connectivity index (χ2n) is 4.48. The van der Waals surface area contributed by atoms with E-state index in [0.29, 0.717) is 10.6 Å². The molecule has 0 bridgehead atoms. The van der Waals surface area contributed by atoms with Gasteiger partial charge in [-0.05, 0) is 54.0 Å². The lowest BCUT2D eigenvalue weighted by Gasteiger charge is -2.25. The maximum atomic E-state index is 12.5. The summed E-state index contributed by atoms with van der Waals surface area (Å²) >= 11 is 9.38. The predicted octanol–water partition coefficient (Wildman–Crippen LogP) is 2.93. The van der Waals surface area contributed by atoms with Gasteiger partial charge in [-0.15, -0.1) is 0 Å². The van der Waals surface area contributed by atoms with E-state index >= 15 is 0 Å². The van der Waals surface area contributed by atoms with Crippen LogP contribution in [-0.2, 0) is 0 Å². The van der Waals surface area contributed by atoms with Crippen LogP contribution in [0.2, 0.25) is 5.02 Å². The van der Waals surface area contributed by atoms with Crippen molar-refractivity contribution in [1.82, 2.24) is 10.2 Å². The van der Waals surface area contributed by atoms with E-state index in [4.69, 9.17) is 11.6 Å². The minimum atomic E-state index is 0.0575. The number of nitrogens with one attached hydrogen (secondary N) is 1. The number of nitrogens with zero attached hydrogens (tertiary/aromatic N) is 1. The fourth-order valence-corrected chi connectivity index (χ4v) is 2.96. The van der Waals surface area contributed by atoms with Crippen LogP contribution in [0.15, 0.2) is 22.7 Å². The molecule has 1 aliphatic rings. The number of rotatable bonds is 3. The van der Waals surface area contributed by atoms with Crippen molar-refractivity contribution in [2.24, 2.45) is 0 Å². The Morgan fingerprint density at radius 1 is 1.61 bits per heavy atom. The molecule has 0 saturated carbocycles. The molecule has 1 atom stereocenters. The monoisotopic (exact) mass is 330 g/mol. The van der Waals surface area contributed by atoms with Crippen LogP contribution in [0.1, 0.15) is 23.2 Å². The summed E-state index contributed by atoms with van der Waals surface area (Å²) in [6, 6.07) is 5.60. The van der Waals surface area contributed by atoms with Crippen LogP contribution in [-0.4, -0.2) is 37.0 Å². The summed E-state index contributed by atoms with van der Waals surface area (Å²) in [4.78, 5) is 14.5. The maximum Gasteiger partial charge on any atom is 0.255 e. The molecule has 1 amide bonds. The fourth-order valence-electron chi connectivity index (χ4n) is 2.37. The summed E-state index contributed by atoms with van der Waals surface area (Å²) in [5.41, 5.74) is 0.644.